The molecule has 0 saturated heterocycles. The van der Waals surface area contributed by atoms with E-state index in [1.54, 1.807) is 0 Å². The highest BCUT2D eigenvalue weighted by Gasteiger charge is 2.14. The number of nitrogens with zero attached hydrogens (tertiary/aromatic N) is 1. The monoisotopic (exact) mass is 391 g/mol. The number of para-hydroxylation sites is 1. The highest BCUT2D eigenvalue weighted by atomic mass is 32.2. The molecule has 0 aromatic heterocycles. The van der Waals surface area contributed by atoms with Crippen LogP contribution in [-0.2, 0) is 14.9 Å². The summed E-state index contributed by atoms with van der Waals surface area (Å²) < 4.78 is 23.5. The van der Waals surface area contributed by atoms with Crippen LogP contribution in [0, 0.1) is 0 Å². The zero-order valence-electron chi connectivity index (χ0n) is 15.5. The van der Waals surface area contributed by atoms with Crippen molar-refractivity contribution < 1.29 is 18.0 Å². The Morgan fingerprint density at radius 1 is 1.04 bits per heavy atom. The molecule has 2 N–H and O–H groups in total. The first-order chi connectivity index (χ1) is 12.9. The lowest BCUT2D eigenvalue weighted by molar-refractivity contribution is 0.0953. The molecule has 0 spiro atoms. The van der Waals surface area contributed by atoms with Gasteiger partial charge in [0, 0.05) is 31.4 Å². The van der Waals surface area contributed by atoms with Crippen LogP contribution in [0.15, 0.2) is 59.5 Å². The predicted molar refractivity (Wildman–Crippen MR) is 105 cm³/mol. The number of hydrogen-bond acceptors (Lipinski definition) is 5. The molecule has 0 fully saturated rings. The van der Waals surface area contributed by atoms with E-state index in [2.05, 4.69) is 27.2 Å². The predicted octanol–water partition coefficient (Wildman–Crippen LogP) is 2.17. The number of sulfonamides is 1. The van der Waals surface area contributed by atoms with E-state index in [0.29, 0.717) is 12.1 Å². The van der Waals surface area contributed by atoms with E-state index in [-0.39, 0.29) is 10.8 Å². The van der Waals surface area contributed by atoms with Crippen LogP contribution in [0.25, 0.3) is 0 Å². The van der Waals surface area contributed by atoms with Gasteiger partial charge in [-0.2, -0.15) is 0 Å². The third kappa shape index (κ3) is 6.35. The lowest BCUT2D eigenvalue weighted by Gasteiger charge is -2.19. The van der Waals surface area contributed by atoms with Crippen LogP contribution in [0.5, 0.6) is 0 Å². The van der Waals surface area contributed by atoms with Crippen LogP contribution in [0.1, 0.15) is 23.2 Å². The fourth-order valence-electron chi connectivity index (χ4n) is 2.53. The molecule has 0 atom stereocenters. The summed E-state index contributed by atoms with van der Waals surface area (Å²) in [6.45, 7) is 1.46. The van der Waals surface area contributed by atoms with Crippen molar-refractivity contribution in [3.63, 3.8) is 0 Å². The molecule has 27 heavy (non-hydrogen) atoms. The number of unbranched alkanes of at least 4 members (excludes halogenated alkanes) is 1. The molecule has 0 unspecified atom stereocenters. The second-order valence-corrected chi connectivity index (χ2v) is 7.68. The zero-order chi connectivity index (χ0) is 19.7. The molecule has 2 aromatic carbocycles. The van der Waals surface area contributed by atoms with Crippen molar-refractivity contribution >= 4 is 21.6 Å². The fourth-order valence-corrected chi connectivity index (χ4v) is 3.34. The van der Waals surface area contributed by atoms with Crippen LogP contribution in [-0.4, -0.2) is 41.6 Å². The Labute approximate surface area is 160 Å². The molecule has 0 bridgehead atoms. The molecule has 0 aliphatic heterocycles. The maximum Gasteiger partial charge on any atom is 0.262 e. The third-order valence-electron chi connectivity index (χ3n) is 4.02. The molecule has 146 valence electrons. The number of nitrogens with one attached hydrogen (secondary N) is 2. The summed E-state index contributed by atoms with van der Waals surface area (Å²) in [5, 5.41) is 2.85. The van der Waals surface area contributed by atoms with Crippen LogP contribution < -0.4 is 15.1 Å². The molecule has 0 aliphatic rings. The largest absolute Gasteiger partial charge is 0.375 e. The topological polar surface area (TPSA) is 87.7 Å². The van der Waals surface area contributed by atoms with Crippen molar-refractivity contribution in [3.05, 3.63) is 60.2 Å². The summed E-state index contributed by atoms with van der Waals surface area (Å²) in [5.74, 6) is -0.227. The summed E-state index contributed by atoms with van der Waals surface area (Å²) in [4.78, 5) is 20.7. The minimum atomic E-state index is -3.72. The number of anilines is 1. The van der Waals surface area contributed by atoms with Crippen molar-refractivity contribution in [1.29, 1.82) is 0 Å². The molecule has 8 heteroatoms. The van der Waals surface area contributed by atoms with E-state index in [9.17, 15) is 13.2 Å². The molecular formula is C19H25N3O4S. The van der Waals surface area contributed by atoms with Gasteiger partial charge in [0.1, 0.15) is 0 Å². The van der Waals surface area contributed by atoms with Crippen LogP contribution in [0.4, 0.5) is 5.69 Å². The van der Waals surface area contributed by atoms with E-state index < -0.39 is 10.0 Å². The number of hydrogen-bond donors (Lipinski definition) is 2. The van der Waals surface area contributed by atoms with Gasteiger partial charge < -0.3 is 10.2 Å². The normalized spacial score (nSPS) is 11.2. The standard InChI is InChI=1S/C19H25N3O4S/c1-22(17-8-4-3-5-9-17)15-7-6-14-20-19(23)16-10-12-18(13-11-16)27(24,25)21-26-2/h3-5,8-13,21H,6-7,14-15H2,1-2H3,(H,20,23). The average Bonchev–Trinajstić information content (AvgIpc) is 2.68. The van der Waals surface area contributed by atoms with Crippen LogP contribution in [0.3, 0.4) is 0 Å². The fraction of sp³-hybridized carbons (Fsp3) is 0.316. The van der Waals surface area contributed by atoms with Gasteiger partial charge in [-0.15, -0.1) is 0 Å². The zero-order valence-corrected chi connectivity index (χ0v) is 16.3. The van der Waals surface area contributed by atoms with Crippen LogP contribution >= 0.6 is 0 Å². The van der Waals surface area contributed by atoms with Crippen molar-refractivity contribution in [1.82, 2.24) is 10.2 Å². The number of carbonyl (C=O) groups excluding carboxylic acids is 1. The van der Waals surface area contributed by atoms with E-state index in [1.165, 1.54) is 37.1 Å². The minimum Gasteiger partial charge on any atom is -0.375 e. The first kappa shape index (κ1) is 20.9. The second kappa shape index (κ2) is 10.1. The molecule has 0 aliphatic carbocycles. The summed E-state index contributed by atoms with van der Waals surface area (Å²) in [5.41, 5.74) is 1.58. The SMILES string of the molecule is CONS(=O)(=O)c1ccc(C(=O)NCCCCN(C)c2ccccc2)cc1. The molecule has 1 amide bonds. The Morgan fingerprint density at radius 3 is 2.33 bits per heavy atom. The van der Waals surface area contributed by atoms with E-state index in [1.807, 2.05) is 30.1 Å². The molecule has 7 nitrogen and oxygen atoms in total. The second-order valence-electron chi connectivity index (χ2n) is 6.04. The van der Waals surface area contributed by atoms with Gasteiger partial charge in [-0.1, -0.05) is 23.1 Å². The maximum absolute atomic E-state index is 12.1. The molecule has 2 aromatic rings. The Bertz CT molecular complexity index is 824. The minimum absolute atomic E-state index is 0.0323. The molecule has 0 heterocycles. The van der Waals surface area contributed by atoms with E-state index in [4.69, 9.17) is 0 Å². The number of rotatable bonds is 10. The summed E-state index contributed by atoms with van der Waals surface area (Å²) >= 11 is 0. The Kier molecular flexibility index (Phi) is 7.78. The summed E-state index contributed by atoms with van der Waals surface area (Å²) in [6.07, 6.45) is 1.80. The highest BCUT2D eigenvalue weighted by molar-refractivity contribution is 7.89. The quantitative estimate of drug-likeness (QED) is 0.479. The van der Waals surface area contributed by atoms with Gasteiger partial charge in [-0.25, -0.2) is 8.42 Å². The number of benzene rings is 2. The Balaban J connectivity index is 1.74. The van der Waals surface area contributed by atoms with Gasteiger partial charge >= 0.3 is 0 Å². The molecule has 0 radical (unpaired) electrons. The van der Waals surface area contributed by atoms with E-state index in [0.717, 1.165) is 19.4 Å². The summed E-state index contributed by atoms with van der Waals surface area (Å²) in [6, 6.07) is 15.8. The van der Waals surface area contributed by atoms with Gasteiger partial charge in [0.15, 0.2) is 0 Å². The van der Waals surface area contributed by atoms with Crippen molar-refractivity contribution in [2.75, 3.05) is 32.1 Å². The van der Waals surface area contributed by atoms with E-state index >= 15 is 0 Å². The van der Waals surface area contributed by atoms with Gasteiger partial charge in [0.25, 0.3) is 15.9 Å². The molecule has 0 saturated carbocycles. The Morgan fingerprint density at radius 2 is 1.70 bits per heavy atom. The Hall–Kier alpha value is -2.42. The van der Waals surface area contributed by atoms with Gasteiger partial charge in [0.2, 0.25) is 0 Å². The van der Waals surface area contributed by atoms with Gasteiger partial charge in [-0.05, 0) is 49.2 Å². The maximum atomic E-state index is 12.1. The first-order valence-corrected chi connectivity index (χ1v) is 10.1. The average molecular weight is 391 g/mol. The van der Waals surface area contributed by atoms with Crippen molar-refractivity contribution in [2.24, 2.45) is 0 Å². The summed E-state index contributed by atoms with van der Waals surface area (Å²) in [7, 11) is -0.454. The van der Waals surface area contributed by atoms with Crippen molar-refractivity contribution in [2.45, 2.75) is 17.7 Å². The van der Waals surface area contributed by atoms with Crippen molar-refractivity contribution in [3.8, 4) is 0 Å². The number of carbonyl (C=O) groups is 1. The highest BCUT2D eigenvalue weighted by Crippen LogP contribution is 2.12. The van der Waals surface area contributed by atoms with Gasteiger partial charge in [0.05, 0.1) is 12.0 Å². The third-order valence-corrected chi connectivity index (χ3v) is 5.30. The smallest absolute Gasteiger partial charge is 0.262 e. The molecule has 2 rings (SSSR count). The number of amides is 1. The van der Waals surface area contributed by atoms with Gasteiger partial charge in [-0.3, -0.25) is 9.63 Å². The van der Waals surface area contributed by atoms with Crippen LogP contribution in [0.2, 0.25) is 0 Å². The first-order valence-electron chi connectivity index (χ1n) is 8.63. The molecular weight excluding hydrogens is 366 g/mol. The lowest BCUT2D eigenvalue weighted by atomic mass is 10.2. The lowest BCUT2D eigenvalue weighted by Crippen LogP contribution is -2.26.